The molecule has 9 rings (SSSR count). The van der Waals surface area contributed by atoms with E-state index in [9.17, 15) is 10.2 Å². The molecule has 0 aliphatic rings. The van der Waals surface area contributed by atoms with Crippen molar-refractivity contribution in [1.82, 2.24) is 0 Å². The minimum atomic E-state index is 0.252. The second-order valence-electron chi connectivity index (χ2n) is 14.0. The highest BCUT2D eigenvalue weighted by Crippen LogP contribution is 2.56. The molecule has 0 unspecified atom stereocenters. The fourth-order valence-electron chi connectivity index (χ4n) is 7.87. The van der Waals surface area contributed by atoms with Crippen molar-refractivity contribution in [3.05, 3.63) is 218 Å². The molecular formula is C54H38O2. The Balaban J connectivity index is 1.44. The molecule has 56 heavy (non-hydrogen) atoms. The highest BCUT2D eigenvalue weighted by Gasteiger charge is 2.29. The summed E-state index contributed by atoms with van der Waals surface area (Å²) >= 11 is 0. The van der Waals surface area contributed by atoms with Crippen molar-refractivity contribution >= 4 is 0 Å². The fourth-order valence-corrected chi connectivity index (χ4v) is 7.87. The first kappa shape index (κ1) is 34.4. The molecular weight excluding hydrogens is 681 g/mol. The first-order valence-corrected chi connectivity index (χ1v) is 18.9. The van der Waals surface area contributed by atoms with Gasteiger partial charge >= 0.3 is 0 Å². The van der Waals surface area contributed by atoms with E-state index >= 15 is 0 Å². The number of hydrogen-bond donors (Lipinski definition) is 2. The lowest BCUT2D eigenvalue weighted by Gasteiger charge is -2.29. The van der Waals surface area contributed by atoms with E-state index in [4.69, 9.17) is 0 Å². The van der Waals surface area contributed by atoms with Crippen LogP contribution in [0.2, 0.25) is 0 Å². The minimum absolute atomic E-state index is 0.252. The van der Waals surface area contributed by atoms with Crippen molar-refractivity contribution in [3.8, 4) is 101 Å². The zero-order chi connectivity index (χ0) is 37.8. The quantitative estimate of drug-likeness (QED) is 0.164. The van der Waals surface area contributed by atoms with Gasteiger partial charge in [0.1, 0.15) is 11.5 Å². The topological polar surface area (TPSA) is 40.5 Å². The van der Waals surface area contributed by atoms with Crippen LogP contribution in [0.4, 0.5) is 0 Å². The molecule has 0 saturated heterocycles. The molecule has 2 nitrogen and oxygen atoms in total. The fraction of sp³-hybridized carbons (Fsp3) is 0. The third-order valence-corrected chi connectivity index (χ3v) is 10.5. The van der Waals surface area contributed by atoms with Crippen molar-refractivity contribution in [3.63, 3.8) is 0 Å². The predicted molar refractivity (Wildman–Crippen MR) is 233 cm³/mol. The lowest BCUT2D eigenvalue weighted by atomic mass is 9.74. The Morgan fingerprint density at radius 1 is 0.161 bits per heavy atom. The van der Waals surface area contributed by atoms with Gasteiger partial charge in [0.25, 0.3) is 0 Å². The summed E-state index contributed by atoms with van der Waals surface area (Å²) in [5.41, 5.74) is 17.9. The molecule has 0 aliphatic heterocycles. The summed E-state index contributed by atoms with van der Waals surface area (Å²) < 4.78 is 0. The second-order valence-corrected chi connectivity index (χ2v) is 14.0. The standard InChI is InChI=1S/C54H38O2/c55-47-33-29-39(30-34-47)37-21-25-45(26-22-37)53-49(41-13-5-1-6-14-41)50(42-15-7-2-8-16-42)54(46-27-23-38(24-28-46)40-31-35-48(56)36-32-40)52(44-19-11-4-12-20-44)51(53)43-17-9-3-10-18-43/h1-36,55-56H. The Kier molecular flexibility index (Phi) is 9.29. The minimum Gasteiger partial charge on any atom is -0.508 e. The number of aromatic hydroxyl groups is 2. The Labute approximate surface area is 327 Å². The molecule has 0 heterocycles. The molecule has 0 fully saturated rings. The van der Waals surface area contributed by atoms with Crippen molar-refractivity contribution < 1.29 is 10.2 Å². The zero-order valence-corrected chi connectivity index (χ0v) is 30.7. The molecule has 0 spiro atoms. The summed E-state index contributed by atoms with van der Waals surface area (Å²) in [6.07, 6.45) is 0. The van der Waals surface area contributed by atoms with Crippen LogP contribution in [0.3, 0.4) is 0 Å². The van der Waals surface area contributed by atoms with Crippen LogP contribution in [0.25, 0.3) is 89.0 Å². The van der Waals surface area contributed by atoms with Gasteiger partial charge < -0.3 is 10.2 Å². The van der Waals surface area contributed by atoms with E-state index in [2.05, 4.69) is 170 Å². The summed E-state index contributed by atoms with van der Waals surface area (Å²) in [6, 6.07) is 75.6. The largest absolute Gasteiger partial charge is 0.508 e. The molecule has 2 N–H and O–H groups in total. The molecule has 9 aromatic rings. The molecule has 0 saturated carbocycles. The Hall–Kier alpha value is -7.42. The molecule has 266 valence electrons. The number of rotatable bonds is 8. The van der Waals surface area contributed by atoms with Crippen LogP contribution in [-0.4, -0.2) is 10.2 Å². The summed E-state index contributed by atoms with van der Waals surface area (Å²) in [6.45, 7) is 0. The summed E-state index contributed by atoms with van der Waals surface area (Å²) in [5, 5.41) is 20.0. The lowest BCUT2D eigenvalue weighted by molar-refractivity contribution is 0.475. The average molecular weight is 719 g/mol. The Morgan fingerprint density at radius 2 is 0.321 bits per heavy atom. The molecule has 9 aromatic carbocycles. The third-order valence-electron chi connectivity index (χ3n) is 10.5. The van der Waals surface area contributed by atoms with Crippen LogP contribution in [0.15, 0.2) is 218 Å². The van der Waals surface area contributed by atoms with Crippen LogP contribution >= 0.6 is 0 Å². The molecule has 0 aromatic heterocycles. The van der Waals surface area contributed by atoms with Gasteiger partial charge in [-0.2, -0.15) is 0 Å². The van der Waals surface area contributed by atoms with E-state index in [0.29, 0.717) is 0 Å². The van der Waals surface area contributed by atoms with Gasteiger partial charge in [-0.15, -0.1) is 0 Å². The van der Waals surface area contributed by atoms with E-state index in [-0.39, 0.29) is 11.5 Å². The van der Waals surface area contributed by atoms with Gasteiger partial charge in [-0.25, -0.2) is 0 Å². The summed E-state index contributed by atoms with van der Waals surface area (Å²) in [7, 11) is 0. The van der Waals surface area contributed by atoms with Crippen LogP contribution in [0, 0.1) is 0 Å². The lowest BCUT2D eigenvalue weighted by Crippen LogP contribution is -2.02. The molecule has 0 amide bonds. The van der Waals surface area contributed by atoms with Crippen LogP contribution < -0.4 is 0 Å². The molecule has 0 radical (unpaired) electrons. The van der Waals surface area contributed by atoms with Crippen molar-refractivity contribution in [2.75, 3.05) is 0 Å². The van der Waals surface area contributed by atoms with E-state index < -0.39 is 0 Å². The highest BCUT2D eigenvalue weighted by molar-refractivity contribution is 6.15. The Bertz CT molecular complexity index is 2420. The number of phenols is 2. The van der Waals surface area contributed by atoms with E-state index in [0.717, 1.165) is 89.0 Å². The van der Waals surface area contributed by atoms with E-state index in [1.807, 2.05) is 24.3 Å². The maximum Gasteiger partial charge on any atom is 0.115 e. The van der Waals surface area contributed by atoms with Gasteiger partial charge in [-0.1, -0.05) is 194 Å². The van der Waals surface area contributed by atoms with Crippen molar-refractivity contribution in [2.45, 2.75) is 0 Å². The van der Waals surface area contributed by atoms with Gasteiger partial charge in [-0.05, 0) is 113 Å². The second kappa shape index (κ2) is 15.1. The van der Waals surface area contributed by atoms with Gasteiger partial charge in [0.05, 0.1) is 0 Å². The predicted octanol–water partition coefficient (Wildman–Crippen LogP) is 14.4. The maximum atomic E-state index is 9.99. The monoisotopic (exact) mass is 718 g/mol. The maximum absolute atomic E-state index is 9.99. The summed E-state index contributed by atoms with van der Waals surface area (Å²) in [5.74, 6) is 0.504. The van der Waals surface area contributed by atoms with Gasteiger partial charge in [0.15, 0.2) is 0 Å². The summed E-state index contributed by atoms with van der Waals surface area (Å²) in [4.78, 5) is 0. The van der Waals surface area contributed by atoms with E-state index in [1.54, 1.807) is 24.3 Å². The van der Waals surface area contributed by atoms with Gasteiger partial charge in [0.2, 0.25) is 0 Å². The van der Waals surface area contributed by atoms with Crippen molar-refractivity contribution in [2.24, 2.45) is 0 Å². The number of phenolic OH excluding ortho intramolecular Hbond substituents is 2. The molecule has 0 atom stereocenters. The smallest absolute Gasteiger partial charge is 0.115 e. The molecule has 2 heteroatoms. The first-order valence-electron chi connectivity index (χ1n) is 18.9. The highest BCUT2D eigenvalue weighted by atomic mass is 16.3. The number of benzene rings is 9. The van der Waals surface area contributed by atoms with Gasteiger partial charge in [0, 0.05) is 0 Å². The van der Waals surface area contributed by atoms with Gasteiger partial charge in [-0.3, -0.25) is 0 Å². The van der Waals surface area contributed by atoms with Crippen LogP contribution in [-0.2, 0) is 0 Å². The Morgan fingerprint density at radius 3 is 0.536 bits per heavy atom. The normalized spacial score (nSPS) is 11.0. The molecule has 0 bridgehead atoms. The van der Waals surface area contributed by atoms with Crippen molar-refractivity contribution in [1.29, 1.82) is 0 Å². The van der Waals surface area contributed by atoms with Crippen LogP contribution in [0.1, 0.15) is 0 Å². The van der Waals surface area contributed by atoms with Crippen LogP contribution in [0.5, 0.6) is 11.5 Å². The first-order chi connectivity index (χ1) is 27.6. The SMILES string of the molecule is Oc1ccc(-c2ccc(-c3c(-c4ccccc4)c(-c4ccccc4)c(-c4ccc(-c5ccc(O)cc5)cc4)c(-c4ccccc4)c3-c3ccccc3)cc2)cc1. The average Bonchev–Trinajstić information content (AvgIpc) is 3.27. The third kappa shape index (κ3) is 6.66. The molecule has 0 aliphatic carbocycles. The van der Waals surface area contributed by atoms with E-state index in [1.165, 1.54) is 0 Å². The number of hydrogen-bond acceptors (Lipinski definition) is 2. The zero-order valence-electron chi connectivity index (χ0n) is 30.7.